The van der Waals surface area contributed by atoms with E-state index in [0.29, 0.717) is 5.92 Å². The van der Waals surface area contributed by atoms with Gasteiger partial charge in [-0.25, -0.2) is 0 Å². The van der Waals surface area contributed by atoms with Gasteiger partial charge in [-0.2, -0.15) is 5.26 Å². The molecular formula is C13H13NS. The third-order valence-electron chi connectivity index (χ3n) is 2.67. The molecule has 0 amide bonds. The molecule has 0 bridgehead atoms. The SMILES string of the molecule is Cc1sc2ccc(C(C)C)cc2c1C#N. The van der Waals surface area contributed by atoms with Gasteiger partial charge in [-0.1, -0.05) is 19.9 Å². The average molecular weight is 215 g/mol. The van der Waals surface area contributed by atoms with Crippen LogP contribution in [0.1, 0.15) is 35.8 Å². The topological polar surface area (TPSA) is 23.8 Å². The molecule has 0 unspecified atom stereocenters. The van der Waals surface area contributed by atoms with E-state index in [2.05, 4.69) is 38.1 Å². The first-order valence-corrected chi connectivity index (χ1v) is 5.88. The minimum atomic E-state index is 0.515. The van der Waals surface area contributed by atoms with Gasteiger partial charge in [0.15, 0.2) is 0 Å². The molecule has 0 atom stereocenters. The number of nitriles is 1. The Morgan fingerprint density at radius 2 is 2.07 bits per heavy atom. The first-order chi connectivity index (χ1) is 7.13. The Hall–Kier alpha value is -1.33. The molecule has 0 spiro atoms. The van der Waals surface area contributed by atoms with Gasteiger partial charge in [-0.05, 0) is 30.5 Å². The molecular weight excluding hydrogens is 202 g/mol. The smallest absolute Gasteiger partial charge is 0.101 e. The van der Waals surface area contributed by atoms with Crippen molar-refractivity contribution in [3.63, 3.8) is 0 Å². The number of benzene rings is 1. The largest absolute Gasteiger partial charge is 0.192 e. The van der Waals surface area contributed by atoms with Crippen molar-refractivity contribution in [3.8, 4) is 6.07 Å². The van der Waals surface area contributed by atoms with Crippen LogP contribution >= 0.6 is 11.3 Å². The Bertz CT molecular complexity index is 543. The van der Waals surface area contributed by atoms with Crippen molar-refractivity contribution in [2.24, 2.45) is 0 Å². The number of fused-ring (bicyclic) bond motifs is 1. The van der Waals surface area contributed by atoms with Crippen molar-refractivity contribution in [2.45, 2.75) is 26.7 Å². The molecule has 15 heavy (non-hydrogen) atoms. The third kappa shape index (κ3) is 1.64. The molecule has 0 saturated heterocycles. The molecule has 76 valence electrons. The van der Waals surface area contributed by atoms with E-state index >= 15 is 0 Å². The van der Waals surface area contributed by atoms with E-state index in [1.807, 2.05) is 6.92 Å². The fourth-order valence-corrected chi connectivity index (χ4v) is 2.73. The highest BCUT2D eigenvalue weighted by Gasteiger charge is 2.09. The molecule has 0 saturated carbocycles. The molecule has 0 radical (unpaired) electrons. The van der Waals surface area contributed by atoms with E-state index in [1.165, 1.54) is 10.3 Å². The van der Waals surface area contributed by atoms with Gasteiger partial charge in [0.2, 0.25) is 0 Å². The Kier molecular flexibility index (Phi) is 2.50. The summed E-state index contributed by atoms with van der Waals surface area (Å²) in [6.45, 7) is 6.36. The molecule has 1 aromatic carbocycles. The molecule has 1 heterocycles. The summed E-state index contributed by atoms with van der Waals surface area (Å²) >= 11 is 1.70. The summed E-state index contributed by atoms with van der Waals surface area (Å²) in [5.74, 6) is 0.515. The summed E-state index contributed by atoms with van der Waals surface area (Å²) in [7, 11) is 0. The van der Waals surface area contributed by atoms with E-state index in [0.717, 1.165) is 15.8 Å². The highest BCUT2D eigenvalue weighted by Crippen LogP contribution is 2.32. The van der Waals surface area contributed by atoms with Crippen LogP contribution in [0.4, 0.5) is 0 Å². The first kappa shape index (κ1) is 10.2. The van der Waals surface area contributed by atoms with E-state index in [-0.39, 0.29) is 0 Å². The number of hydrogen-bond acceptors (Lipinski definition) is 2. The maximum absolute atomic E-state index is 9.09. The van der Waals surface area contributed by atoms with Crippen LogP contribution in [0.5, 0.6) is 0 Å². The molecule has 0 fully saturated rings. The van der Waals surface area contributed by atoms with Crippen molar-refractivity contribution in [1.82, 2.24) is 0 Å². The van der Waals surface area contributed by atoms with Gasteiger partial charge in [0, 0.05) is 15.0 Å². The van der Waals surface area contributed by atoms with Crippen LogP contribution < -0.4 is 0 Å². The van der Waals surface area contributed by atoms with Crippen LogP contribution in [0.2, 0.25) is 0 Å². The van der Waals surface area contributed by atoms with E-state index in [9.17, 15) is 0 Å². The number of thiophene rings is 1. The van der Waals surface area contributed by atoms with Crippen molar-refractivity contribution in [1.29, 1.82) is 5.26 Å². The minimum absolute atomic E-state index is 0.515. The predicted molar refractivity (Wildman–Crippen MR) is 65.4 cm³/mol. The Morgan fingerprint density at radius 3 is 2.67 bits per heavy atom. The summed E-state index contributed by atoms with van der Waals surface area (Å²) in [5.41, 5.74) is 2.15. The second kappa shape index (κ2) is 3.67. The summed E-state index contributed by atoms with van der Waals surface area (Å²) in [4.78, 5) is 1.12. The highest BCUT2D eigenvalue weighted by atomic mass is 32.1. The molecule has 2 aromatic rings. The lowest BCUT2D eigenvalue weighted by atomic mass is 10.0. The van der Waals surface area contributed by atoms with Gasteiger partial charge < -0.3 is 0 Å². The molecule has 0 aliphatic heterocycles. The fraction of sp³-hybridized carbons (Fsp3) is 0.308. The summed E-state index contributed by atoms with van der Waals surface area (Å²) in [6, 6.07) is 8.73. The maximum atomic E-state index is 9.09. The van der Waals surface area contributed by atoms with Gasteiger partial charge in [0.1, 0.15) is 6.07 Å². The molecule has 1 nitrogen and oxygen atoms in total. The summed E-state index contributed by atoms with van der Waals surface area (Å²) in [5, 5.41) is 10.2. The lowest BCUT2D eigenvalue weighted by Crippen LogP contribution is -1.86. The molecule has 1 aromatic heterocycles. The van der Waals surface area contributed by atoms with E-state index in [4.69, 9.17) is 5.26 Å². The number of aryl methyl sites for hydroxylation is 1. The zero-order chi connectivity index (χ0) is 11.0. The zero-order valence-electron chi connectivity index (χ0n) is 9.16. The number of hydrogen-bond donors (Lipinski definition) is 0. The predicted octanol–water partition coefficient (Wildman–Crippen LogP) is 4.20. The second-order valence-corrected chi connectivity index (χ2v) is 5.31. The number of nitrogens with zero attached hydrogens (tertiary/aromatic N) is 1. The first-order valence-electron chi connectivity index (χ1n) is 5.06. The fourth-order valence-electron chi connectivity index (χ4n) is 1.74. The molecule has 2 heteroatoms. The van der Waals surface area contributed by atoms with Crippen molar-refractivity contribution in [2.75, 3.05) is 0 Å². The standard InChI is InChI=1S/C13H13NS/c1-8(2)10-4-5-13-11(6-10)12(7-14)9(3)15-13/h4-6,8H,1-3H3. The Balaban J connectivity index is 2.75. The van der Waals surface area contributed by atoms with E-state index in [1.54, 1.807) is 11.3 Å². The van der Waals surface area contributed by atoms with Crippen LogP contribution in [-0.4, -0.2) is 0 Å². The average Bonchev–Trinajstić information content (AvgIpc) is 2.51. The van der Waals surface area contributed by atoms with Crippen molar-refractivity contribution in [3.05, 3.63) is 34.2 Å². The maximum Gasteiger partial charge on any atom is 0.101 e. The molecule has 2 rings (SSSR count). The van der Waals surface area contributed by atoms with Gasteiger partial charge in [0.25, 0.3) is 0 Å². The lowest BCUT2D eigenvalue weighted by Gasteiger charge is -2.04. The molecule has 0 aliphatic rings. The highest BCUT2D eigenvalue weighted by molar-refractivity contribution is 7.19. The summed E-state index contributed by atoms with van der Waals surface area (Å²) < 4.78 is 1.22. The molecule has 0 aliphatic carbocycles. The van der Waals surface area contributed by atoms with Crippen LogP contribution in [0, 0.1) is 18.3 Å². The Labute approximate surface area is 94.0 Å². The zero-order valence-corrected chi connectivity index (χ0v) is 9.98. The summed E-state index contributed by atoms with van der Waals surface area (Å²) in [6.07, 6.45) is 0. The van der Waals surface area contributed by atoms with Crippen LogP contribution in [0.3, 0.4) is 0 Å². The Morgan fingerprint density at radius 1 is 1.33 bits per heavy atom. The van der Waals surface area contributed by atoms with E-state index < -0.39 is 0 Å². The van der Waals surface area contributed by atoms with Crippen molar-refractivity contribution >= 4 is 21.4 Å². The molecule has 0 N–H and O–H groups in total. The van der Waals surface area contributed by atoms with Crippen LogP contribution in [0.15, 0.2) is 18.2 Å². The van der Waals surface area contributed by atoms with Gasteiger partial charge in [0.05, 0.1) is 5.56 Å². The minimum Gasteiger partial charge on any atom is -0.192 e. The van der Waals surface area contributed by atoms with Gasteiger partial charge >= 0.3 is 0 Å². The van der Waals surface area contributed by atoms with Crippen LogP contribution in [0.25, 0.3) is 10.1 Å². The normalized spacial score (nSPS) is 10.9. The van der Waals surface area contributed by atoms with Crippen LogP contribution in [-0.2, 0) is 0 Å². The second-order valence-electron chi connectivity index (χ2n) is 4.06. The number of rotatable bonds is 1. The monoisotopic (exact) mass is 215 g/mol. The lowest BCUT2D eigenvalue weighted by molar-refractivity contribution is 0.869. The van der Waals surface area contributed by atoms with Gasteiger partial charge in [-0.3, -0.25) is 0 Å². The third-order valence-corrected chi connectivity index (χ3v) is 3.75. The quantitative estimate of drug-likeness (QED) is 0.699. The van der Waals surface area contributed by atoms with Gasteiger partial charge in [-0.15, -0.1) is 11.3 Å². The van der Waals surface area contributed by atoms with Crippen molar-refractivity contribution < 1.29 is 0 Å².